The first-order chi connectivity index (χ1) is 12.6. The molecule has 2 aromatic carbocycles. The Kier molecular flexibility index (Phi) is 4.64. The van der Waals surface area contributed by atoms with E-state index in [0.717, 1.165) is 29.6 Å². The number of nitrogens with zero attached hydrogens (tertiary/aromatic N) is 2. The summed E-state index contributed by atoms with van der Waals surface area (Å²) in [6.45, 7) is 3.38. The normalized spacial score (nSPS) is 19.5. The highest BCUT2D eigenvalue weighted by Gasteiger charge is 2.34. The summed E-state index contributed by atoms with van der Waals surface area (Å²) >= 11 is 0. The number of hydrogen-bond donors (Lipinski definition) is 0. The quantitative estimate of drug-likeness (QED) is 0.619. The van der Waals surface area contributed by atoms with Crippen LogP contribution in [0.25, 0.3) is 10.9 Å². The van der Waals surface area contributed by atoms with Gasteiger partial charge in [0.1, 0.15) is 5.75 Å². The Balaban J connectivity index is 1.72. The minimum atomic E-state index is 0.538. The van der Waals surface area contributed by atoms with E-state index in [1.165, 1.54) is 29.4 Å². The van der Waals surface area contributed by atoms with Crippen molar-refractivity contribution in [1.82, 2.24) is 9.88 Å². The number of rotatable bonds is 5. The Bertz CT molecular complexity index is 899. The van der Waals surface area contributed by atoms with Gasteiger partial charge in [-0.05, 0) is 69.5 Å². The minimum absolute atomic E-state index is 0.538. The van der Waals surface area contributed by atoms with Crippen LogP contribution in [0.2, 0.25) is 0 Å². The monoisotopic (exact) mass is 346 g/mol. The largest absolute Gasteiger partial charge is 0.439 e. The lowest BCUT2D eigenvalue weighted by atomic mass is 9.70. The third-order valence-electron chi connectivity index (χ3n) is 5.39. The Morgan fingerprint density at radius 2 is 1.69 bits per heavy atom. The van der Waals surface area contributed by atoms with Crippen molar-refractivity contribution < 1.29 is 4.74 Å². The first-order valence-electron chi connectivity index (χ1n) is 9.38. The zero-order valence-electron chi connectivity index (χ0n) is 15.8. The first-order valence-corrected chi connectivity index (χ1v) is 9.38. The summed E-state index contributed by atoms with van der Waals surface area (Å²) < 4.78 is 6.25. The van der Waals surface area contributed by atoms with Crippen molar-refractivity contribution >= 4 is 10.9 Å². The van der Waals surface area contributed by atoms with Crippen molar-refractivity contribution in [1.29, 1.82) is 0 Å². The summed E-state index contributed by atoms with van der Waals surface area (Å²) in [5.41, 5.74) is 3.61. The molecule has 1 aromatic heterocycles. The van der Waals surface area contributed by atoms with E-state index < -0.39 is 0 Å². The van der Waals surface area contributed by atoms with Gasteiger partial charge < -0.3 is 9.64 Å². The second-order valence-corrected chi connectivity index (χ2v) is 7.68. The molecule has 0 spiro atoms. The van der Waals surface area contributed by atoms with Crippen molar-refractivity contribution in [3.05, 3.63) is 65.7 Å². The highest BCUT2D eigenvalue weighted by molar-refractivity contribution is 5.84. The Morgan fingerprint density at radius 1 is 1.00 bits per heavy atom. The highest BCUT2D eigenvalue weighted by atomic mass is 16.5. The van der Waals surface area contributed by atoms with Crippen molar-refractivity contribution in [2.75, 3.05) is 20.6 Å². The molecule has 3 aromatic rings. The standard InChI is InChI=1S/C23H26N2O/c1-16-20-11-7-8-12-21(20)24-23(26-19-9-5-4-6-10-19)22(16)18-13-17(14-18)15-25(2)3/h4-12,17-18H,13-15H2,1-3H3. The van der Waals surface area contributed by atoms with Crippen LogP contribution in [0, 0.1) is 12.8 Å². The van der Waals surface area contributed by atoms with Gasteiger partial charge in [-0.1, -0.05) is 36.4 Å². The molecule has 1 aliphatic rings. The fourth-order valence-corrected chi connectivity index (χ4v) is 4.16. The average Bonchev–Trinajstić information content (AvgIpc) is 2.60. The molecule has 0 saturated heterocycles. The van der Waals surface area contributed by atoms with E-state index in [-0.39, 0.29) is 0 Å². The topological polar surface area (TPSA) is 25.4 Å². The van der Waals surface area contributed by atoms with Gasteiger partial charge in [0.05, 0.1) is 5.52 Å². The number of pyridine rings is 1. The molecule has 1 aliphatic carbocycles. The van der Waals surface area contributed by atoms with Gasteiger partial charge in [-0.25, -0.2) is 4.98 Å². The lowest BCUT2D eigenvalue weighted by Gasteiger charge is -2.38. The third-order valence-corrected chi connectivity index (χ3v) is 5.39. The molecule has 0 N–H and O–H groups in total. The fraction of sp³-hybridized carbons (Fsp3) is 0.348. The second kappa shape index (κ2) is 7.08. The first kappa shape index (κ1) is 17.0. The SMILES string of the molecule is Cc1c(C2CC(CN(C)C)C2)c(Oc2ccccc2)nc2ccccc12. The smallest absolute Gasteiger partial charge is 0.223 e. The molecule has 1 saturated carbocycles. The van der Waals surface area contributed by atoms with E-state index in [0.29, 0.717) is 5.92 Å². The second-order valence-electron chi connectivity index (χ2n) is 7.68. The third kappa shape index (κ3) is 3.32. The zero-order valence-corrected chi connectivity index (χ0v) is 15.8. The molecule has 1 heterocycles. The van der Waals surface area contributed by atoms with Gasteiger partial charge in [-0.15, -0.1) is 0 Å². The lowest BCUT2D eigenvalue weighted by molar-refractivity contribution is 0.197. The summed E-state index contributed by atoms with van der Waals surface area (Å²) in [7, 11) is 4.31. The van der Waals surface area contributed by atoms with Crippen molar-refractivity contribution in [2.45, 2.75) is 25.7 Å². The molecule has 3 nitrogen and oxygen atoms in total. The summed E-state index contributed by atoms with van der Waals surface area (Å²) in [6, 6.07) is 18.4. The van der Waals surface area contributed by atoms with Crippen LogP contribution >= 0.6 is 0 Å². The van der Waals surface area contributed by atoms with Crippen molar-refractivity contribution in [3.8, 4) is 11.6 Å². The van der Waals surface area contributed by atoms with E-state index >= 15 is 0 Å². The maximum Gasteiger partial charge on any atom is 0.223 e. The number of aryl methyl sites for hydroxylation is 1. The number of para-hydroxylation sites is 2. The van der Waals surface area contributed by atoms with Crippen LogP contribution in [0.5, 0.6) is 11.6 Å². The number of benzene rings is 2. The molecular weight excluding hydrogens is 320 g/mol. The molecule has 3 heteroatoms. The molecule has 4 rings (SSSR count). The van der Waals surface area contributed by atoms with E-state index in [4.69, 9.17) is 9.72 Å². The van der Waals surface area contributed by atoms with Gasteiger partial charge >= 0.3 is 0 Å². The van der Waals surface area contributed by atoms with Gasteiger partial charge in [0.2, 0.25) is 5.88 Å². The predicted octanol–water partition coefficient (Wildman–Crippen LogP) is 5.39. The molecule has 0 radical (unpaired) electrons. The molecule has 1 fully saturated rings. The van der Waals surface area contributed by atoms with Gasteiger partial charge in [0.25, 0.3) is 0 Å². The van der Waals surface area contributed by atoms with Crippen molar-refractivity contribution in [3.63, 3.8) is 0 Å². The minimum Gasteiger partial charge on any atom is -0.439 e. The predicted molar refractivity (Wildman–Crippen MR) is 107 cm³/mol. The molecular formula is C23H26N2O. The van der Waals surface area contributed by atoms with Crippen LogP contribution in [0.3, 0.4) is 0 Å². The van der Waals surface area contributed by atoms with Crippen molar-refractivity contribution in [2.24, 2.45) is 5.92 Å². The Morgan fingerprint density at radius 3 is 2.42 bits per heavy atom. The fourth-order valence-electron chi connectivity index (χ4n) is 4.16. The Labute approximate surface area is 155 Å². The van der Waals surface area contributed by atoms with Crippen LogP contribution < -0.4 is 4.74 Å². The van der Waals surface area contributed by atoms with E-state index in [1.54, 1.807) is 0 Å². The van der Waals surface area contributed by atoms with Gasteiger partial charge in [0.15, 0.2) is 0 Å². The summed E-state index contributed by atoms with van der Waals surface area (Å²) in [5, 5.41) is 1.24. The number of aromatic nitrogens is 1. The molecule has 0 bridgehead atoms. The van der Waals surface area contributed by atoms with Gasteiger partial charge in [0, 0.05) is 17.5 Å². The lowest BCUT2D eigenvalue weighted by Crippen LogP contribution is -2.32. The van der Waals surface area contributed by atoms with Gasteiger partial charge in [-0.3, -0.25) is 0 Å². The number of hydrogen-bond acceptors (Lipinski definition) is 3. The van der Waals surface area contributed by atoms with Crippen LogP contribution in [-0.2, 0) is 0 Å². The summed E-state index contributed by atoms with van der Waals surface area (Å²) in [5.74, 6) is 2.93. The molecule has 26 heavy (non-hydrogen) atoms. The van der Waals surface area contributed by atoms with Gasteiger partial charge in [-0.2, -0.15) is 0 Å². The van der Waals surface area contributed by atoms with Crippen LogP contribution in [0.1, 0.15) is 29.9 Å². The van der Waals surface area contributed by atoms with E-state index in [2.05, 4.69) is 44.1 Å². The van der Waals surface area contributed by atoms with Crippen LogP contribution in [-0.4, -0.2) is 30.5 Å². The Hall–Kier alpha value is -2.39. The average molecular weight is 346 g/mol. The molecule has 0 unspecified atom stereocenters. The zero-order chi connectivity index (χ0) is 18.1. The summed E-state index contributed by atoms with van der Waals surface area (Å²) in [4.78, 5) is 7.17. The molecule has 0 aliphatic heterocycles. The maximum absolute atomic E-state index is 6.25. The molecule has 0 amide bonds. The maximum atomic E-state index is 6.25. The number of fused-ring (bicyclic) bond motifs is 1. The molecule has 134 valence electrons. The highest BCUT2D eigenvalue weighted by Crippen LogP contribution is 2.47. The summed E-state index contributed by atoms with van der Waals surface area (Å²) in [6.07, 6.45) is 2.42. The van der Waals surface area contributed by atoms with E-state index in [1.807, 2.05) is 36.4 Å². The molecule has 0 atom stereocenters. The number of ether oxygens (including phenoxy) is 1. The van der Waals surface area contributed by atoms with E-state index in [9.17, 15) is 0 Å². The van der Waals surface area contributed by atoms with Crippen LogP contribution in [0.15, 0.2) is 54.6 Å². The van der Waals surface area contributed by atoms with Crippen LogP contribution in [0.4, 0.5) is 0 Å².